The van der Waals surface area contributed by atoms with Gasteiger partial charge in [-0.25, -0.2) is 0 Å². The zero-order chi connectivity index (χ0) is 11.7. The highest BCUT2D eigenvalue weighted by atomic mass is 32.2. The van der Waals surface area contributed by atoms with Crippen LogP contribution in [0.1, 0.15) is 53.4 Å². The van der Waals surface area contributed by atoms with E-state index in [0.717, 1.165) is 16.9 Å². The van der Waals surface area contributed by atoms with Gasteiger partial charge in [0, 0.05) is 17.0 Å². The van der Waals surface area contributed by atoms with Crippen LogP contribution in [-0.2, 0) is 0 Å². The van der Waals surface area contributed by atoms with Crippen LogP contribution in [0.2, 0.25) is 0 Å². The minimum Gasteiger partial charge on any atom is -0.271 e. The summed E-state index contributed by atoms with van der Waals surface area (Å²) < 4.78 is 0. The second kappa shape index (κ2) is 9.49. The number of thioether (sulfide) groups is 1. The summed E-state index contributed by atoms with van der Waals surface area (Å²) in [5, 5.41) is 0.756. The van der Waals surface area contributed by atoms with Gasteiger partial charge in [-0.05, 0) is 18.8 Å². The van der Waals surface area contributed by atoms with Crippen molar-refractivity contribution in [2.24, 2.45) is 11.8 Å². The van der Waals surface area contributed by atoms with E-state index in [4.69, 9.17) is 5.84 Å². The number of rotatable bonds is 9. The lowest BCUT2D eigenvalue weighted by atomic mass is 10.0. The largest absolute Gasteiger partial charge is 0.271 e. The molecule has 0 aliphatic heterocycles. The lowest BCUT2D eigenvalue weighted by molar-refractivity contribution is 0.469. The SMILES string of the molecule is CCC(C)SCC(CCCC(C)C)NN. The molecule has 0 rings (SSSR count). The van der Waals surface area contributed by atoms with E-state index < -0.39 is 0 Å². The Morgan fingerprint density at radius 2 is 1.87 bits per heavy atom. The Morgan fingerprint density at radius 1 is 1.20 bits per heavy atom. The normalized spacial score (nSPS) is 15.6. The molecule has 0 amide bonds. The van der Waals surface area contributed by atoms with E-state index in [1.54, 1.807) is 0 Å². The molecule has 2 atom stereocenters. The molecular weight excluding hydrogens is 204 g/mol. The highest BCUT2D eigenvalue weighted by Gasteiger charge is 2.09. The first kappa shape index (κ1) is 15.3. The molecule has 0 aromatic rings. The summed E-state index contributed by atoms with van der Waals surface area (Å²) in [4.78, 5) is 0. The Balaban J connectivity index is 3.54. The second-order valence-corrected chi connectivity index (χ2v) is 6.21. The zero-order valence-electron chi connectivity index (χ0n) is 10.8. The van der Waals surface area contributed by atoms with Crippen molar-refractivity contribution in [3.8, 4) is 0 Å². The van der Waals surface area contributed by atoms with Gasteiger partial charge in [0.1, 0.15) is 0 Å². The average molecular weight is 232 g/mol. The highest BCUT2D eigenvalue weighted by Crippen LogP contribution is 2.17. The van der Waals surface area contributed by atoms with Crippen LogP contribution < -0.4 is 11.3 Å². The van der Waals surface area contributed by atoms with Crippen molar-refractivity contribution >= 4 is 11.8 Å². The van der Waals surface area contributed by atoms with Gasteiger partial charge in [0.15, 0.2) is 0 Å². The van der Waals surface area contributed by atoms with E-state index >= 15 is 0 Å². The van der Waals surface area contributed by atoms with E-state index in [1.807, 2.05) is 11.8 Å². The molecule has 0 spiro atoms. The van der Waals surface area contributed by atoms with Crippen LogP contribution in [0.5, 0.6) is 0 Å². The van der Waals surface area contributed by atoms with E-state index in [0.29, 0.717) is 6.04 Å². The Labute approximate surface area is 99.7 Å². The van der Waals surface area contributed by atoms with Crippen molar-refractivity contribution < 1.29 is 0 Å². The lowest BCUT2D eigenvalue weighted by Gasteiger charge is -2.18. The van der Waals surface area contributed by atoms with Gasteiger partial charge < -0.3 is 0 Å². The van der Waals surface area contributed by atoms with Crippen LogP contribution in [0.4, 0.5) is 0 Å². The number of hydrogen-bond acceptors (Lipinski definition) is 3. The minimum absolute atomic E-state index is 0.489. The fraction of sp³-hybridized carbons (Fsp3) is 1.00. The van der Waals surface area contributed by atoms with E-state index in [-0.39, 0.29) is 0 Å². The molecular formula is C12H28N2S. The summed E-state index contributed by atoms with van der Waals surface area (Å²) in [5.41, 5.74) is 2.93. The Hall–Kier alpha value is 0.270. The molecule has 2 nitrogen and oxygen atoms in total. The zero-order valence-corrected chi connectivity index (χ0v) is 11.6. The quantitative estimate of drug-likeness (QED) is 0.474. The van der Waals surface area contributed by atoms with Crippen molar-refractivity contribution in [2.75, 3.05) is 5.75 Å². The predicted molar refractivity (Wildman–Crippen MR) is 72.0 cm³/mol. The van der Waals surface area contributed by atoms with E-state index in [2.05, 4.69) is 33.1 Å². The molecule has 0 aliphatic carbocycles. The van der Waals surface area contributed by atoms with Gasteiger partial charge in [-0.2, -0.15) is 11.8 Å². The molecule has 0 bridgehead atoms. The third-order valence-corrected chi connectivity index (χ3v) is 4.22. The maximum atomic E-state index is 5.55. The standard InChI is InChI=1S/C12H28N2S/c1-5-11(4)15-9-12(14-13)8-6-7-10(2)3/h10-12,14H,5-9,13H2,1-4H3. The monoisotopic (exact) mass is 232 g/mol. The summed E-state index contributed by atoms with van der Waals surface area (Å²) in [6.45, 7) is 9.07. The molecule has 0 heterocycles. The third-order valence-electron chi connectivity index (χ3n) is 2.73. The molecule has 2 unspecified atom stereocenters. The molecule has 0 fully saturated rings. The van der Waals surface area contributed by atoms with Gasteiger partial charge in [-0.15, -0.1) is 0 Å². The molecule has 0 aromatic carbocycles. The fourth-order valence-corrected chi connectivity index (χ4v) is 2.44. The number of nitrogens with one attached hydrogen (secondary N) is 1. The van der Waals surface area contributed by atoms with Gasteiger partial charge in [0.2, 0.25) is 0 Å². The van der Waals surface area contributed by atoms with E-state index in [9.17, 15) is 0 Å². The van der Waals surface area contributed by atoms with Gasteiger partial charge in [-0.3, -0.25) is 11.3 Å². The first-order chi connectivity index (χ1) is 7.10. The highest BCUT2D eigenvalue weighted by molar-refractivity contribution is 7.99. The first-order valence-corrected chi connectivity index (χ1v) is 7.22. The van der Waals surface area contributed by atoms with Crippen LogP contribution in [0.15, 0.2) is 0 Å². The minimum atomic E-state index is 0.489. The third kappa shape index (κ3) is 9.21. The van der Waals surface area contributed by atoms with Crippen molar-refractivity contribution in [3.05, 3.63) is 0 Å². The Morgan fingerprint density at radius 3 is 2.33 bits per heavy atom. The molecule has 15 heavy (non-hydrogen) atoms. The maximum Gasteiger partial charge on any atom is 0.0301 e. The summed E-state index contributed by atoms with van der Waals surface area (Å²) in [7, 11) is 0. The van der Waals surface area contributed by atoms with Crippen LogP contribution in [0, 0.1) is 5.92 Å². The number of hydrazine groups is 1. The molecule has 3 heteroatoms. The molecule has 0 saturated carbocycles. The molecule has 0 radical (unpaired) electrons. The van der Waals surface area contributed by atoms with Crippen LogP contribution in [0.3, 0.4) is 0 Å². The number of hydrogen-bond donors (Lipinski definition) is 2. The second-order valence-electron chi connectivity index (χ2n) is 4.74. The number of nitrogens with two attached hydrogens (primary N) is 1. The first-order valence-electron chi connectivity index (χ1n) is 6.17. The van der Waals surface area contributed by atoms with E-state index in [1.165, 1.54) is 25.7 Å². The van der Waals surface area contributed by atoms with Crippen LogP contribution in [-0.4, -0.2) is 17.0 Å². The van der Waals surface area contributed by atoms with Crippen molar-refractivity contribution in [1.82, 2.24) is 5.43 Å². The van der Waals surface area contributed by atoms with Crippen LogP contribution >= 0.6 is 11.8 Å². The fourth-order valence-electron chi connectivity index (χ4n) is 1.39. The van der Waals surface area contributed by atoms with Crippen molar-refractivity contribution in [3.63, 3.8) is 0 Å². The van der Waals surface area contributed by atoms with Gasteiger partial charge >= 0.3 is 0 Å². The molecule has 92 valence electrons. The van der Waals surface area contributed by atoms with Crippen molar-refractivity contribution in [1.29, 1.82) is 0 Å². The maximum absolute atomic E-state index is 5.55. The lowest BCUT2D eigenvalue weighted by Crippen LogP contribution is -2.37. The smallest absolute Gasteiger partial charge is 0.0301 e. The van der Waals surface area contributed by atoms with Gasteiger partial charge in [0.05, 0.1) is 0 Å². The average Bonchev–Trinajstić information content (AvgIpc) is 2.22. The summed E-state index contributed by atoms with van der Waals surface area (Å²) in [6, 6.07) is 0.489. The van der Waals surface area contributed by atoms with Crippen molar-refractivity contribution in [2.45, 2.75) is 64.7 Å². The molecule has 0 saturated heterocycles. The van der Waals surface area contributed by atoms with Crippen LogP contribution in [0.25, 0.3) is 0 Å². The van der Waals surface area contributed by atoms with Gasteiger partial charge in [-0.1, -0.05) is 40.5 Å². The van der Waals surface area contributed by atoms with Gasteiger partial charge in [0.25, 0.3) is 0 Å². The summed E-state index contributed by atoms with van der Waals surface area (Å²) in [6.07, 6.45) is 5.05. The Kier molecular flexibility index (Phi) is 9.66. The molecule has 0 aromatic heterocycles. The topological polar surface area (TPSA) is 38.0 Å². The predicted octanol–water partition coefficient (Wildman–Crippen LogP) is 3.18. The molecule has 3 N–H and O–H groups in total. The Bertz CT molecular complexity index is 140. The summed E-state index contributed by atoms with van der Waals surface area (Å²) >= 11 is 2.03. The summed E-state index contributed by atoms with van der Waals surface area (Å²) in [5.74, 6) is 7.51. The molecule has 0 aliphatic rings.